The van der Waals surface area contributed by atoms with Gasteiger partial charge in [0, 0.05) is 23.5 Å². The number of carbonyl (C=O) groups is 2. The molecule has 8 heteroatoms. The third-order valence-electron chi connectivity index (χ3n) is 3.92. The third kappa shape index (κ3) is 3.52. The van der Waals surface area contributed by atoms with E-state index in [4.69, 9.17) is 4.74 Å². The predicted octanol–water partition coefficient (Wildman–Crippen LogP) is 2.48. The normalized spacial score (nSPS) is 17.2. The number of ether oxygens (including phenoxy) is 1. The lowest BCUT2D eigenvalue weighted by molar-refractivity contribution is -0.384. The number of rotatable bonds is 5. The van der Waals surface area contributed by atoms with Gasteiger partial charge in [0.25, 0.3) is 5.69 Å². The highest BCUT2D eigenvalue weighted by molar-refractivity contribution is 5.99. The lowest BCUT2D eigenvalue weighted by Crippen LogP contribution is -2.31. The van der Waals surface area contributed by atoms with Gasteiger partial charge >= 0.3 is 11.9 Å². The molecule has 2 rings (SSSR count). The Morgan fingerprint density at radius 2 is 1.76 bits per heavy atom. The highest BCUT2D eigenvalue weighted by Crippen LogP contribution is 2.39. The maximum Gasteiger partial charge on any atom is 0.336 e. The van der Waals surface area contributed by atoms with Gasteiger partial charge in [0.1, 0.15) is 0 Å². The summed E-state index contributed by atoms with van der Waals surface area (Å²) < 4.78 is 5.07. The zero-order valence-electron chi connectivity index (χ0n) is 14.0. The van der Waals surface area contributed by atoms with Crippen molar-refractivity contribution in [3.05, 3.63) is 62.5 Å². The predicted molar refractivity (Wildman–Crippen MR) is 88.6 cm³/mol. The molecule has 0 spiro atoms. The van der Waals surface area contributed by atoms with Gasteiger partial charge in [0.05, 0.1) is 28.6 Å². The molecular weight excluding hydrogens is 328 g/mol. The number of nitrogens with one attached hydrogen (secondary N) is 1. The molecule has 1 aliphatic rings. The monoisotopic (exact) mass is 346 g/mol. The second kappa shape index (κ2) is 7.16. The Bertz CT molecular complexity index is 792. The molecule has 0 bridgehead atoms. The number of allylic oxidation sites excluding steroid dienone is 2. The highest BCUT2D eigenvalue weighted by atomic mass is 16.6. The minimum atomic E-state index is -1.18. The Morgan fingerprint density at radius 3 is 2.24 bits per heavy atom. The van der Waals surface area contributed by atoms with Gasteiger partial charge in [-0.1, -0.05) is 12.1 Å². The smallest absolute Gasteiger partial charge is 0.336 e. The molecule has 1 atom stereocenters. The largest absolute Gasteiger partial charge is 0.478 e. The number of carboxylic acid groups (broad SMARTS) is 1. The van der Waals surface area contributed by atoms with Gasteiger partial charge in [-0.05, 0) is 26.3 Å². The van der Waals surface area contributed by atoms with Gasteiger partial charge < -0.3 is 15.2 Å². The summed E-state index contributed by atoms with van der Waals surface area (Å²) in [6, 6.07) is 5.47. The van der Waals surface area contributed by atoms with Crippen molar-refractivity contribution in [1.82, 2.24) is 5.32 Å². The quantitative estimate of drug-likeness (QED) is 0.477. The summed E-state index contributed by atoms with van der Waals surface area (Å²) in [5.41, 5.74) is 1.42. The van der Waals surface area contributed by atoms with Crippen LogP contribution in [0.1, 0.15) is 32.3 Å². The summed E-state index contributed by atoms with van der Waals surface area (Å²) >= 11 is 0. The number of aliphatic carboxylic acids is 1. The first kappa shape index (κ1) is 18.2. The van der Waals surface area contributed by atoms with Crippen LogP contribution in [0, 0.1) is 10.1 Å². The first-order chi connectivity index (χ1) is 11.8. The van der Waals surface area contributed by atoms with Crippen LogP contribution in [0.15, 0.2) is 46.8 Å². The van der Waals surface area contributed by atoms with Crippen molar-refractivity contribution >= 4 is 17.6 Å². The molecule has 1 aromatic carbocycles. The van der Waals surface area contributed by atoms with E-state index in [9.17, 15) is 24.8 Å². The summed E-state index contributed by atoms with van der Waals surface area (Å²) in [5, 5.41) is 23.3. The van der Waals surface area contributed by atoms with E-state index < -0.39 is 22.8 Å². The fraction of sp³-hybridized carbons (Fsp3) is 0.294. The summed E-state index contributed by atoms with van der Waals surface area (Å²) in [6.07, 6.45) is 0. The van der Waals surface area contributed by atoms with Crippen LogP contribution in [0.2, 0.25) is 0 Å². The van der Waals surface area contributed by atoms with Crippen LogP contribution in [0.3, 0.4) is 0 Å². The molecular formula is C17H18N2O6. The van der Waals surface area contributed by atoms with Crippen LogP contribution in [-0.4, -0.2) is 28.6 Å². The van der Waals surface area contributed by atoms with Crippen molar-refractivity contribution in [1.29, 1.82) is 0 Å². The number of dihydropyridines is 1. The molecule has 1 heterocycles. The Balaban J connectivity index is 2.62. The van der Waals surface area contributed by atoms with E-state index in [1.807, 2.05) is 0 Å². The molecule has 8 nitrogen and oxygen atoms in total. The number of benzene rings is 1. The molecule has 2 N–H and O–H groups in total. The highest BCUT2D eigenvalue weighted by Gasteiger charge is 2.37. The van der Waals surface area contributed by atoms with E-state index in [2.05, 4.69) is 5.32 Å². The van der Waals surface area contributed by atoms with Crippen molar-refractivity contribution in [3.8, 4) is 0 Å². The molecule has 0 aliphatic carbocycles. The van der Waals surface area contributed by atoms with E-state index in [-0.39, 0.29) is 23.4 Å². The standard InChI is InChI=1S/C17H18N2O6/c1-4-25-17(22)14-10(3)18-9(2)13(16(20)21)15(14)11-5-7-12(8-6-11)19(23)24/h5-8,15,18H,4H2,1-3H3,(H,20,21)/t15-/m0/s1. The SMILES string of the molecule is CCOC(=O)C1=C(C)NC(C)=C(C(=O)O)[C@@H]1c1ccc([N+](=O)[O-])cc1. The van der Waals surface area contributed by atoms with Crippen LogP contribution < -0.4 is 5.32 Å². The Hall–Kier alpha value is -3.16. The Labute approximate surface area is 143 Å². The molecule has 0 saturated carbocycles. The topological polar surface area (TPSA) is 119 Å². The van der Waals surface area contributed by atoms with Crippen molar-refractivity contribution < 1.29 is 24.4 Å². The minimum absolute atomic E-state index is 0.00232. The van der Waals surface area contributed by atoms with Crippen LogP contribution in [0.4, 0.5) is 5.69 Å². The molecule has 0 unspecified atom stereocenters. The number of nitro benzene ring substituents is 1. The maximum absolute atomic E-state index is 12.4. The molecule has 0 amide bonds. The number of nitrogens with zero attached hydrogens (tertiary/aromatic N) is 1. The second-order valence-electron chi connectivity index (χ2n) is 5.51. The zero-order valence-corrected chi connectivity index (χ0v) is 14.0. The third-order valence-corrected chi connectivity index (χ3v) is 3.92. The van der Waals surface area contributed by atoms with Crippen molar-refractivity contribution in [2.45, 2.75) is 26.7 Å². The maximum atomic E-state index is 12.4. The average molecular weight is 346 g/mol. The summed E-state index contributed by atoms with van der Waals surface area (Å²) in [5.74, 6) is -2.68. The van der Waals surface area contributed by atoms with Gasteiger partial charge in [-0.3, -0.25) is 10.1 Å². The van der Waals surface area contributed by atoms with E-state index >= 15 is 0 Å². The number of esters is 1. The zero-order chi connectivity index (χ0) is 18.7. The number of non-ortho nitro benzene ring substituents is 1. The lowest BCUT2D eigenvalue weighted by atomic mass is 9.80. The Morgan fingerprint density at radius 1 is 1.20 bits per heavy atom. The summed E-state index contributed by atoms with van der Waals surface area (Å²) in [4.78, 5) is 34.5. The first-order valence-electron chi connectivity index (χ1n) is 7.61. The van der Waals surface area contributed by atoms with Gasteiger partial charge in [-0.2, -0.15) is 0 Å². The van der Waals surface area contributed by atoms with Gasteiger partial charge in [0.2, 0.25) is 0 Å². The van der Waals surface area contributed by atoms with Crippen LogP contribution >= 0.6 is 0 Å². The van der Waals surface area contributed by atoms with Crippen molar-refractivity contribution in [3.63, 3.8) is 0 Å². The van der Waals surface area contributed by atoms with Gasteiger partial charge in [-0.25, -0.2) is 9.59 Å². The number of hydrogen-bond acceptors (Lipinski definition) is 6. The number of nitro groups is 1. The van der Waals surface area contributed by atoms with Crippen molar-refractivity contribution in [2.24, 2.45) is 0 Å². The number of hydrogen-bond donors (Lipinski definition) is 2. The molecule has 0 fully saturated rings. The average Bonchev–Trinajstić information content (AvgIpc) is 2.53. The van der Waals surface area contributed by atoms with Crippen LogP contribution in [0.5, 0.6) is 0 Å². The van der Waals surface area contributed by atoms with Gasteiger partial charge in [0.15, 0.2) is 0 Å². The molecule has 0 saturated heterocycles. The first-order valence-corrected chi connectivity index (χ1v) is 7.61. The summed E-state index contributed by atoms with van der Waals surface area (Å²) in [7, 11) is 0. The van der Waals surface area contributed by atoms with Crippen LogP contribution in [-0.2, 0) is 14.3 Å². The van der Waals surface area contributed by atoms with E-state index in [0.29, 0.717) is 17.0 Å². The van der Waals surface area contributed by atoms with E-state index in [1.54, 1.807) is 20.8 Å². The molecule has 1 aromatic rings. The summed E-state index contributed by atoms with van der Waals surface area (Å²) in [6.45, 7) is 5.07. The minimum Gasteiger partial charge on any atom is -0.478 e. The van der Waals surface area contributed by atoms with Crippen LogP contribution in [0.25, 0.3) is 0 Å². The van der Waals surface area contributed by atoms with Crippen molar-refractivity contribution in [2.75, 3.05) is 6.61 Å². The van der Waals surface area contributed by atoms with E-state index in [0.717, 1.165) is 0 Å². The fourth-order valence-corrected chi connectivity index (χ4v) is 2.88. The Kier molecular flexibility index (Phi) is 5.21. The second-order valence-corrected chi connectivity index (χ2v) is 5.51. The molecule has 25 heavy (non-hydrogen) atoms. The molecule has 0 radical (unpaired) electrons. The van der Waals surface area contributed by atoms with Gasteiger partial charge in [-0.15, -0.1) is 0 Å². The van der Waals surface area contributed by atoms with E-state index in [1.165, 1.54) is 24.3 Å². The lowest BCUT2D eigenvalue weighted by Gasteiger charge is -2.29. The molecule has 132 valence electrons. The molecule has 0 aromatic heterocycles. The fourth-order valence-electron chi connectivity index (χ4n) is 2.88. The molecule has 1 aliphatic heterocycles. The number of carboxylic acids is 1. The number of carbonyl (C=O) groups excluding carboxylic acids is 1.